The lowest BCUT2D eigenvalue weighted by atomic mass is 10.1. The maximum atomic E-state index is 5.85. The molecule has 1 heterocycles. The zero-order valence-corrected chi connectivity index (χ0v) is 20.4. The highest BCUT2D eigenvalue weighted by Crippen LogP contribution is 2.28. The lowest BCUT2D eigenvalue weighted by Crippen LogP contribution is -2.44. The van der Waals surface area contributed by atoms with Crippen molar-refractivity contribution in [2.24, 2.45) is 4.99 Å². The first-order valence-corrected chi connectivity index (χ1v) is 10.1. The van der Waals surface area contributed by atoms with E-state index in [9.17, 15) is 0 Å². The second kappa shape index (κ2) is 14.7. The van der Waals surface area contributed by atoms with Crippen molar-refractivity contribution >= 4 is 29.9 Å². The molecule has 0 aliphatic carbocycles. The number of halogens is 1. The van der Waals surface area contributed by atoms with Crippen LogP contribution in [0.4, 0.5) is 0 Å². The molecule has 2 rings (SSSR count). The van der Waals surface area contributed by atoms with Crippen molar-refractivity contribution in [1.82, 2.24) is 10.6 Å². The Hall–Kier alpha value is -1.26. The molecule has 2 N–H and O–H groups in total. The predicted molar refractivity (Wildman–Crippen MR) is 127 cm³/mol. The van der Waals surface area contributed by atoms with Gasteiger partial charge in [0.1, 0.15) is 0 Å². The third kappa shape index (κ3) is 9.39. The summed E-state index contributed by atoms with van der Waals surface area (Å²) in [5, 5.41) is 6.73. The van der Waals surface area contributed by atoms with Crippen LogP contribution in [-0.2, 0) is 15.9 Å². The van der Waals surface area contributed by atoms with Gasteiger partial charge in [0.15, 0.2) is 17.5 Å². The van der Waals surface area contributed by atoms with Gasteiger partial charge in [-0.3, -0.25) is 4.99 Å². The molecule has 1 saturated heterocycles. The highest BCUT2D eigenvalue weighted by atomic mass is 127. The van der Waals surface area contributed by atoms with Gasteiger partial charge < -0.3 is 29.6 Å². The van der Waals surface area contributed by atoms with Crippen LogP contribution in [0.15, 0.2) is 23.2 Å². The van der Waals surface area contributed by atoms with Crippen LogP contribution in [0.1, 0.15) is 32.3 Å². The molecule has 8 heteroatoms. The molecule has 2 unspecified atom stereocenters. The summed E-state index contributed by atoms with van der Waals surface area (Å²) in [6.07, 6.45) is 3.15. The third-order valence-electron chi connectivity index (χ3n) is 4.54. The summed E-state index contributed by atoms with van der Waals surface area (Å²) in [6, 6.07) is 6.29. The first-order chi connectivity index (χ1) is 13.7. The third-order valence-corrected chi connectivity index (χ3v) is 4.54. The Kier molecular flexibility index (Phi) is 13.0. The monoisotopic (exact) mass is 521 g/mol. The normalized spacial score (nSPS) is 17.4. The van der Waals surface area contributed by atoms with Gasteiger partial charge in [-0.15, -0.1) is 24.0 Å². The molecule has 1 aliphatic rings. The molecular formula is C21H36IN3O4. The van der Waals surface area contributed by atoms with E-state index in [0.29, 0.717) is 19.8 Å². The van der Waals surface area contributed by atoms with Gasteiger partial charge in [-0.25, -0.2) is 0 Å². The molecule has 0 amide bonds. The Bertz CT molecular complexity index is 610. The molecule has 7 nitrogen and oxygen atoms in total. The molecule has 1 aromatic rings. The van der Waals surface area contributed by atoms with Crippen LogP contribution in [0.25, 0.3) is 0 Å². The minimum atomic E-state index is 0. The van der Waals surface area contributed by atoms with Crippen molar-refractivity contribution in [3.05, 3.63) is 23.8 Å². The summed E-state index contributed by atoms with van der Waals surface area (Å²) in [5.41, 5.74) is 1.23. The minimum absolute atomic E-state index is 0. The Morgan fingerprint density at radius 3 is 2.83 bits per heavy atom. The number of benzene rings is 1. The first-order valence-electron chi connectivity index (χ1n) is 10.1. The van der Waals surface area contributed by atoms with E-state index in [0.717, 1.165) is 49.9 Å². The molecule has 0 spiro atoms. The van der Waals surface area contributed by atoms with Crippen molar-refractivity contribution in [3.8, 4) is 11.5 Å². The zero-order valence-electron chi connectivity index (χ0n) is 18.0. The molecule has 2 atom stereocenters. The first kappa shape index (κ1) is 25.8. The van der Waals surface area contributed by atoms with Crippen LogP contribution in [0.3, 0.4) is 0 Å². The fraction of sp³-hybridized carbons (Fsp3) is 0.667. The molecule has 0 saturated carbocycles. The number of aryl methyl sites for hydroxylation is 1. The number of ether oxygens (including phenoxy) is 4. The fourth-order valence-corrected chi connectivity index (χ4v) is 3.04. The number of guanidine groups is 1. The Morgan fingerprint density at radius 1 is 1.34 bits per heavy atom. The van der Waals surface area contributed by atoms with E-state index in [4.69, 9.17) is 18.9 Å². The highest BCUT2D eigenvalue weighted by Gasteiger charge is 2.17. The van der Waals surface area contributed by atoms with Crippen molar-refractivity contribution in [2.45, 2.75) is 45.3 Å². The number of methoxy groups -OCH3 is 1. The van der Waals surface area contributed by atoms with Gasteiger partial charge in [0.2, 0.25) is 0 Å². The van der Waals surface area contributed by atoms with Crippen LogP contribution in [0.5, 0.6) is 11.5 Å². The number of hydrogen-bond donors (Lipinski definition) is 2. The second-order valence-electron chi connectivity index (χ2n) is 6.89. The molecule has 29 heavy (non-hydrogen) atoms. The van der Waals surface area contributed by atoms with Crippen LogP contribution in [0.2, 0.25) is 0 Å². The lowest BCUT2D eigenvalue weighted by molar-refractivity contribution is 0.0347. The quantitative estimate of drug-likeness (QED) is 0.202. The van der Waals surface area contributed by atoms with E-state index in [1.165, 1.54) is 5.56 Å². The van der Waals surface area contributed by atoms with E-state index >= 15 is 0 Å². The smallest absolute Gasteiger partial charge is 0.191 e. The maximum Gasteiger partial charge on any atom is 0.191 e. The zero-order chi connectivity index (χ0) is 20.2. The van der Waals surface area contributed by atoms with E-state index in [2.05, 4.69) is 34.7 Å². The average molecular weight is 521 g/mol. The summed E-state index contributed by atoms with van der Waals surface area (Å²) >= 11 is 0. The molecule has 0 radical (unpaired) electrons. The highest BCUT2D eigenvalue weighted by molar-refractivity contribution is 14.0. The summed E-state index contributed by atoms with van der Waals surface area (Å²) in [5.74, 6) is 2.37. The Labute approximate surface area is 191 Å². The van der Waals surface area contributed by atoms with Crippen LogP contribution >= 0.6 is 24.0 Å². The SMILES string of the molecule is CCOc1cc(CCCNC(=NC)NC(C)COC2CCOC2)ccc1OC.I. The number of rotatable bonds is 11. The number of nitrogens with zero attached hydrogens (tertiary/aromatic N) is 1. The van der Waals surface area contributed by atoms with Gasteiger partial charge in [0, 0.05) is 26.2 Å². The van der Waals surface area contributed by atoms with Gasteiger partial charge in [0.25, 0.3) is 0 Å². The van der Waals surface area contributed by atoms with E-state index in [-0.39, 0.29) is 36.1 Å². The van der Waals surface area contributed by atoms with Crippen LogP contribution in [-0.4, -0.2) is 65.2 Å². The molecule has 1 aromatic carbocycles. The number of nitrogens with one attached hydrogen (secondary N) is 2. The average Bonchev–Trinajstić information content (AvgIpc) is 3.23. The second-order valence-corrected chi connectivity index (χ2v) is 6.89. The standard InChI is InChI=1S/C21H35N3O4.HI/c1-5-27-20-13-17(8-9-19(20)25-4)7-6-11-23-21(22-3)24-16(2)14-28-18-10-12-26-15-18;/h8-9,13,16,18H,5-7,10-12,14-15H2,1-4H3,(H2,22,23,24);1H. The summed E-state index contributed by atoms with van der Waals surface area (Å²) < 4.78 is 22.2. The topological polar surface area (TPSA) is 73.3 Å². The van der Waals surface area contributed by atoms with Crippen molar-refractivity contribution in [2.75, 3.05) is 47.1 Å². The summed E-state index contributed by atoms with van der Waals surface area (Å²) in [7, 11) is 3.44. The Balaban J connectivity index is 0.00000420. The van der Waals surface area contributed by atoms with Crippen molar-refractivity contribution in [3.63, 3.8) is 0 Å². The Morgan fingerprint density at radius 2 is 2.17 bits per heavy atom. The van der Waals surface area contributed by atoms with Gasteiger partial charge >= 0.3 is 0 Å². The largest absolute Gasteiger partial charge is 0.493 e. The van der Waals surface area contributed by atoms with Crippen LogP contribution < -0.4 is 20.1 Å². The van der Waals surface area contributed by atoms with Gasteiger partial charge in [-0.2, -0.15) is 0 Å². The van der Waals surface area contributed by atoms with Gasteiger partial charge in [0.05, 0.1) is 33.0 Å². The summed E-state index contributed by atoms with van der Waals surface area (Å²) in [4.78, 5) is 4.29. The van der Waals surface area contributed by atoms with Gasteiger partial charge in [-0.1, -0.05) is 6.07 Å². The number of hydrogen-bond acceptors (Lipinski definition) is 5. The van der Waals surface area contributed by atoms with Gasteiger partial charge in [-0.05, 0) is 50.8 Å². The van der Waals surface area contributed by atoms with Crippen molar-refractivity contribution < 1.29 is 18.9 Å². The molecule has 1 fully saturated rings. The van der Waals surface area contributed by atoms with E-state index < -0.39 is 0 Å². The number of aliphatic imine (C=N–C) groups is 1. The fourth-order valence-electron chi connectivity index (χ4n) is 3.04. The van der Waals surface area contributed by atoms with Crippen molar-refractivity contribution in [1.29, 1.82) is 0 Å². The molecule has 0 bridgehead atoms. The van der Waals surface area contributed by atoms with Crippen LogP contribution in [0, 0.1) is 0 Å². The minimum Gasteiger partial charge on any atom is -0.493 e. The van der Waals surface area contributed by atoms with E-state index in [1.807, 2.05) is 13.0 Å². The molecule has 1 aliphatic heterocycles. The molecular weight excluding hydrogens is 485 g/mol. The predicted octanol–water partition coefficient (Wildman–Crippen LogP) is 3.00. The molecule has 0 aromatic heterocycles. The summed E-state index contributed by atoms with van der Waals surface area (Å²) in [6.45, 7) is 7.67. The molecule has 166 valence electrons. The van der Waals surface area contributed by atoms with E-state index in [1.54, 1.807) is 14.2 Å². The lowest BCUT2D eigenvalue weighted by Gasteiger charge is -2.19. The maximum absolute atomic E-state index is 5.85.